The van der Waals surface area contributed by atoms with Crippen LogP contribution >= 0.6 is 23.1 Å². The fourth-order valence-corrected chi connectivity index (χ4v) is 5.44. The summed E-state index contributed by atoms with van der Waals surface area (Å²) in [6, 6.07) is 18.0. The number of fused-ring (bicyclic) bond motifs is 2. The van der Waals surface area contributed by atoms with Crippen molar-refractivity contribution < 1.29 is 0 Å². The van der Waals surface area contributed by atoms with Gasteiger partial charge in [0, 0.05) is 13.6 Å². The number of aryl methyl sites for hydroxylation is 3. The van der Waals surface area contributed by atoms with E-state index in [1.807, 2.05) is 47.0 Å². The molecule has 0 spiro atoms. The van der Waals surface area contributed by atoms with E-state index in [1.165, 1.54) is 16.3 Å². The summed E-state index contributed by atoms with van der Waals surface area (Å²) in [5, 5.41) is 0.645. The summed E-state index contributed by atoms with van der Waals surface area (Å²) in [6.45, 7) is 0.565. The van der Waals surface area contributed by atoms with E-state index < -0.39 is 11.2 Å². The predicted molar refractivity (Wildman–Crippen MR) is 119 cm³/mol. The lowest BCUT2D eigenvalue weighted by atomic mass is 10.1. The molecular formula is C21H17N5O2S2. The van der Waals surface area contributed by atoms with Crippen LogP contribution in [-0.2, 0) is 20.0 Å². The zero-order valence-electron chi connectivity index (χ0n) is 16.0. The fraction of sp³-hybridized carbons (Fsp3) is 0.143. The number of nitrogens with zero attached hydrogens (tertiary/aromatic N) is 4. The molecule has 30 heavy (non-hydrogen) atoms. The van der Waals surface area contributed by atoms with Gasteiger partial charge in [-0.2, -0.15) is 0 Å². The first-order valence-corrected chi connectivity index (χ1v) is 11.0. The van der Waals surface area contributed by atoms with Crippen LogP contribution < -0.4 is 11.2 Å². The lowest BCUT2D eigenvalue weighted by Gasteiger charge is -2.08. The second-order valence-electron chi connectivity index (χ2n) is 6.82. The summed E-state index contributed by atoms with van der Waals surface area (Å²) in [5.41, 5.74) is 1.97. The first-order chi connectivity index (χ1) is 14.6. The highest BCUT2D eigenvalue weighted by molar-refractivity contribution is 8.01. The van der Waals surface area contributed by atoms with Gasteiger partial charge in [0.2, 0.25) is 0 Å². The molecule has 5 rings (SSSR count). The number of hydrogen-bond donors (Lipinski definition) is 1. The molecular weight excluding hydrogens is 418 g/mol. The Morgan fingerprint density at radius 3 is 2.60 bits per heavy atom. The van der Waals surface area contributed by atoms with Gasteiger partial charge in [0.1, 0.15) is 0 Å². The topological polar surface area (TPSA) is 85.6 Å². The molecule has 1 N–H and O–H groups in total. The summed E-state index contributed by atoms with van der Waals surface area (Å²) in [5.74, 6) is 0. The molecule has 0 aliphatic carbocycles. The molecule has 9 heteroatoms. The number of thiazole rings is 1. The van der Waals surface area contributed by atoms with Crippen molar-refractivity contribution in [1.29, 1.82) is 0 Å². The number of hydrogen-bond acceptors (Lipinski definition) is 6. The van der Waals surface area contributed by atoms with E-state index in [-0.39, 0.29) is 0 Å². The Bertz CT molecular complexity index is 1450. The number of para-hydroxylation sites is 1. The van der Waals surface area contributed by atoms with Crippen molar-refractivity contribution in [3.8, 4) is 0 Å². The molecule has 0 saturated heterocycles. The van der Waals surface area contributed by atoms with Gasteiger partial charge in [0.05, 0.1) is 10.2 Å². The van der Waals surface area contributed by atoms with E-state index in [9.17, 15) is 9.59 Å². The average molecular weight is 436 g/mol. The third-order valence-corrected chi connectivity index (χ3v) is 6.98. The van der Waals surface area contributed by atoms with E-state index in [0.717, 1.165) is 26.5 Å². The number of rotatable bonds is 5. The molecule has 0 unspecified atom stereocenters. The summed E-state index contributed by atoms with van der Waals surface area (Å²) >= 11 is 3.00. The number of H-pyrrole nitrogens is 1. The van der Waals surface area contributed by atoms with Gasteiger partial charge in [0.25, 0.3) is 5.56 Å². The Kier molecular flexibility index (Phi) is 4.76. The van der Waals surface area contributed by atoms with Crippen molar-refractivity contribution in [1.82, 2.24) is 24.1 Å². The van der Waals surface area contributed by atoms with Crippen molar-refractivity contribution in [3.05, 3.63) is 81.0 Å². The number of nitrogens with one attached hydrogen (secondary N) is 1. The summed E-state index contributed by atoms with van der Waals surface area (Å²) in [7, 11) is 1.61. The Hall–Kier alpha value is -3.17. The smallest absolute Gasteiger partial charge is 0.312 e. The Balaban J connectivity index is 1.61. The van der Waals surface area contributed by atoms with Crippen molar-refractivity contribution in [2.75, 3.05) is 0 Å². The average Bonchev–Trinajstić information content (AvgIpc) is 3.32. The van der Waals surface area contributed by atoms with Crippen LogP contribution in [0.25, 0.3) is 21.4 Å². The molecule has 0 bridgehead atoms. The zero-order valence-corrected chi connectivity index (χ0v) is 17.7. The van der Waals surface area contributed by atoms with E-state index in [0.29, 0.717) is 22.9 Å². The minimum Gasteiger partial charge on any atom is -0.312 e. The van der Waals surface area contributed by atoms with E-state index in [4.69, 9.17) is 0 Å². The monoisotopic (exact) mass is 435 g/mol. The van der Waals surface area contributed by atoms with Crippen LogP contribution in [0.5, 0.6) is 0 Å². The van der Waals surface area contributed by atoms with E-state index in [1.54, 1.807) is 18.4 Å². The van der Waals surface area contributed by atoms with Crippen LogP contribution in [0.1, 0.15) is 5.56 Å². The van der Waals surface area contributed by atoms with E-state index in [2.05, 4.69) is 27.1 Å². The van der Waals surface area contributed by atoms with Crippen molar-refractivity contribution in [3.63, 3.8) is 0 Å². The molecule has 0 amide bonds. The number of aromatic amines is 1. The van der Waals surface area contributed by atoms with Crippen LogP contribution in [0.15, 0.2) is 73.7 Å². The molecule has 0 fully saturated rings. The third kappa shape index (κ3) is 3.35. The number of imidazole rings is 1. The quantitative estimate of drug-likeness (QED) is 0.457. The standard InChI is InChI=1S/C21H17N5O2S2/c1-25-17-16(18(27)24-19(25)28)26(12-11-13-7-3-2-4-8-13)20(23-17)30-21-22-14-9-5-6-10-15(14)29-21/h2-10H,11-12H2,1H3,(H,24,27,28). The highest BCUT2D eigenvalue weighted by atomic mass is 32.2. The van der Waals surface area contributed by atoms with Crippen LogP contribution in [0.4, 0.5) is 0 Å². The maximum atomic E-state index is 12.6. The van der Waals surface area contributed by atoms with Gasteiger partial charge in [-0.25, -0.2) is 14.8 Å². The zero-order chi connectivity index (χ0) is 20.7. The maximum absolute atomic E-state index is 12.6. The van der Waals surface area contributed by atoms with Crippen molar-refractivity contribution >= 4 is 44.5 Å². The summed E-state index contributed by atoms with van der Waals surface area (Å²) in [6.07, 6.45) is 0.738. The number of aromatic nitrogens is 5. The molecule has 0 radical (unpaired) electrons. The minimum absolute atomic E-state index is 0.375. The lowest BCUT2D eigenvalue weighted by Crippen LogP contribution is -2.29. The van der Waals surface area contributed by atoms with Crippen LogP contribution in [-0.4, -0.2) is 24.1 Å². The molecule has 7 nitrogen and oxygen atoms in total. The largest absolute Gasteiger partial charge is 0.329 e. The predicted octanol–water partition coefficient (Wildman–Crippen LogP) is 3.43. The van der Waals surface area contributed by atoms with Gasteiger partial charge in [-0.1, -0.05) is 42.5 Å². The Morgan fingerprint density at radius 1 is 1.03 bits per heavy atom. The SMILES string of the molecule is Cn1c(=O)[nH]c(=O)c2c1nc(Sc1nc3ccccc3s1)n2CCc1ccccc1. The van der Waals surface area contributed by atoms with Crippen LogP contribution in [0.2, 0.25) is 0 Å². The second-order valence-corrected chi connectivity index (χ2v) is 9.07. The molecule has 2 aromatic carbocycles. The van der Waals surface area contributed by atoms with Crippen molar-refractivity contribution in [2.45, 2.75) is 22.5 Å². The molecule has 3 aromatic heterocycles. The van der Waals surface area contributed by atoms with E-state index >= 15 is 0 Å². The van der Waals surface area contributed by atoms with Gasteiger partial charge in [-0.15, -0.1) is 11.3 Å². The molecule has 0 aliphatic rings. The molecule has 3 heterocycles. The molecule has 0 saturated carbocycles. The third-order valence-electron chi connectivity index (χ3n) is 4.89. The Morgan fingerprint density at radius 2 is 1.80 bits per heavy atom. The number of benzene rings is 2. The first-order valence-electron chi connectivity index (χ1n) is 9.37. The van der Waals surface area contributed by atoms with Gasteiger partial charge in [0.15, 0.2) is 20.7 Å². The fourth-order valence-electron chi connectivity index (χ4n) is 3.36. The molecule has 5 aromatic rings. The Labute approximate surface area is 179 Å². The van der Waals surface area contributed by atoms with Crippen LogP contribution in [0.3, 0.4) is 0 Å². The van der Waals surface area contributed by atoms with Crippen molar-refractivity contribution in [2.24, 2.45) is 7.05 Å². The van der Waals surface area contributed by atoms with Gasteiger partial charge < -0.3 is 4.57 Å². The first kappa shape index (κ1) is 18.8. The van der Waals surface area contributed by atoms with Gasteiger partial charge in [-0.3, -0.25) is 14.3 Å². The maximum Gasteiger partial charge on any atom is 0.329 e. The highest BCUT2D eigenvalue weighted by Crippen LogP contribution is 2.34. The lowest BCUT2D eigenvalue weighted by molar-refractivity contribution is 0.650. The normalized spacial score (nSPS) is 11.5. The summed E-state index contributed by atoms with van der Waals surface area (Å²) in [4.78, 5) is 36.4. The second kappa shape index (κ2) is 7.58. The van der Waals surface area contributed by atoms with Crippen LogP contribution in [0, 0.1) is 0 Å². The highest BCUT2D eigenvalue weighted by Gasteiger charge is 2.19. The molecule has 150 valence electrons. The van der Waals surface area contributed by atoms with Gasteiger partial charge >= 0.3 is 5.69 Å². The minimum atomic E-state index is -0.475. The van der Waals surface area contributed by atoms with Gasteiger partial charge in [-0.05, 0) is 35.9 Å². The molecule has 0 atom stereocenters. The summed E-state index contributed by atoms with van der Waals surface area (Å²) < 4.78 is 5.20. The molecule has 0 aliphatic heterocycles.